The Morgan fingerprint density at radius 2 is 1.87 bits per heavy atom. The van der Waals surface area contributed by atoms with Crippen molar-refractivity contribution in [1.29, 1.82) is 0 Å². The number of pyridine rings is 2. The zero-order valence-electron chi connectivity index (χ0n) is 12.3. The van der Waals surface area contributed by atoms with E-state index < -0.39 is 21.9 Å². The predicted octanol–water partition coefficient (Wildman–Crippen LogP) is 5.61. The fraction of sp³-hybridized carbons (Fsp3) is 0.333. The minimum absolute atomic E-state index is 0.00363. The Morgan fingerprint density at radius 3 is 2.39 bits per heavy atom. The number of nitrogens with zero attached hydrogens (tertiary/aromatic N) is 2. The first-order valence-corrected chi connectivity index (χ1v) is 7.56. The molecule has 0 amide bonds. The third-order valence-electron chi connectivity index (χ3n) is 3.20. The highest BCUT2D eigenvalue weighted by molar-refractivity contribution is 6.41. The van der Waals surface area contributed by atoms with Crippen LogP contribution in [-0.4, -0.2) is 9.97 Å². The highest BCUT2D eigenvalue weighted by Crippen LogP contribution is 2.39. The molecule has 0 bridgehead atoms. The zero-order chi connectivity index (χ0) is 17.2. The molecule has 0 saturated heterocycles. The molecular weight excluding hydrogens is 350 g/mol. The van der Waals surface area contributed by atoms with Crippen molar-refractivity contribution in [1.82, 2.24) is 9.97 Å². The lowest BCUT2D eigenvalue weighted by Crippen LogP contribution is -2.19. The first-order valence-electron chi connectivity index (χ1n) is 6.81. The molecule has 0 radical (unpaired) electrons. The van der Waals surface area contributed by atoms with Crippen molar-refractivity contribution in [2.45, 2.75) is 26.1 Å². The summed E-state index contributed by atoms with van der Waals surface area (Å²) in [6.45, 7) is 3.85. The summed E-state index contributed by atoms with van der Waals surface area (Å²) >= 11 is 11.3. The van der Waals surface area contributed by atoms with Gasteiger partial charge in [0.05, 0.1) is 22.3 Å². The first-order chi connectivity index (χ1) is 10.7. The summed E-state index contributed by atoms with van der Waals surface area (Å²) in [7, 11) is 0. The van der Waals surface area contributed by atoms with Gasteiger partial charge in [0.1, 0.15) is 5.82 Å². The molecule has 0 aliphatic carbocycles. The molecule has 3 nitrogen and oxygen atoms in total. The fourth-order valence-corrected chi connectivity index (χ4v) is 2.48. The van der Waals surface area contributed by atoms with E-state index in [1.807, 2.05) is 19.9 Å². The Balaban J connectivity index is 2.40. The van der Waals surface area contributed by atoms with Crippen molar-refractivity contribution >= 4 is 29.0 Å². The van der Waals surface area contributed by atoms with Crippen molar-refractivity contribution in [3.05, 3.63) is 51.9 Å². The smallest absolute Gasteiger partial charge is 0.361 e. The van der Waals surface area contributed by atoms with Gasteiger partial charge in [0.2, 0.25) is 0 Å². The summed E-state index contributed by atoms with van der Waals surface area (Å²) in [5.41, 5.74) is -0.325. The minimum atomic E-state index is -4.61. The summed E-state index contributed by atoms with van der Waals surface area (Å²) < 4.78 is 39.1. The maximum absolute atomic E-state index is 13.0. The van der Waals surface area contributed by atoms with Gasteiger partial charge in [0.25, 0.3) is 0 Å². The van der Waals surface area contributed by atoms with Gasteiger partial charge in [0.15, 0.2) is 5.15 Å². The number of alkyl halides is 3. The van der Waals surface area contributed by atoms with Crippen molar-refractivity contribution in [2.75, 3.05) is 5.32 Å². The van der Waals surface area contributed by atoms with Gasteiger partial charge in [-0.15, -0.1) is 0 Å². The van der Waals surface area contributed by atoms with E-state index in [-0.39, 0.29) is 17.8 Å². The van der Waals surface area contributed by atoms with Crippen LogP contribution in [0.5, 0.6) is 0 Å². The Hall–Kier alpha value is -1.53. The Bertz CT molecular complexity index is 676. The summed E-state index contributed by atoms with van der Waals surface area (Å²) in [6.07, 6.45) is -2.99. The van der Waals surface area contributed by atoms with E-state index in [0.717, 1.165) is 6.07 Å². The second-order valence-corrected chi connectivity index (χ2v) is 6.01. The lowest BCUT2D eigenvalue weighted by Gasteiger charge is -2.23. The van der Waals surface area contributed by atoms with Crippen LogP contribution in [0.15, 0.2) is 30.5 Å². The molecular formula is C15H14Cl2F3N3. The third kappa shape index (κ3) is 4.26. The third-order valence-corrected chi connectivity index (χ3v) is 3.95. The van der Waals surface area contributed by atoms with E-state index in [1.165, 1.54) is 0 Å². The number of rotatable bonds is 4. The maximum atomic E-state index is 13.0. The Morgan fingerprint density at radius 1 is 1.17 bits per heavy atom. The van der Waals surface area contributed by atoms with E-state index in [2.05, 4.69) is 15.3 Å². The number of anilines is 1. The fourth-order valence-electron chi connectivity index (χ4n) is 2.08. The highest BCUT2D eigenvalue weighted by atomic mass is 35.5. The largest absolute Gasteiger partial charge is 0.418 e. The average Bonchev–Trinajstić information content (AvgIpc) is 2.47. The van der Waals surface area contributed by atoms with Crippen molar-refractivity contribution < 1.29 is 13.2 Å². The summed E-state index contributed by atoms with van der Waals surface area (Å²) in [5.74, 6) is 0.0616. The van der Waals surface area contributed by atoms with E-state index in [4.69, 9.17) is 23.2 Å². The monoisotopic (exact) mass is 363 g/mol. The number of nitrogens with one attached hydrogen (secondary N) is 1. The SMILES string of the molecule is CC(C)C(Nc1cc(C(F)(F)F)c(Cl)c(Cl)n1)c1ccccn1. The van der Waals surface area contributed by atoms with Crippen LogP contribution in [0.1, 0.15) is 31.1 Å². The van der Waals surface area contributed by atoms with Gasteiger partial charge < -0.3 is 5.32 Å². The topological polar surface area (TPSA) is 37.8 Å². The van der Waals surface area contributed by atoms with Crippen LogP contribution in [0.3, 0.4) is 0 Å². The second-order valence-electron chi connectivity index (χ2n) is 5.28. The van der Waals surface area contributed by atoms with Crippen LogP contribution >= 0.6 is 23.2 Å². The minimum Gasteiger partial charge on any atom is -0.361 e. The van der Waals surface area contributed by atoms with Crippen LogP contribution in [0.4, 0.5) is 19.0 Å². The van der Waals surface area contributed by atoms with Crippen LogP contribution in [-0.2, 0) is 6.18 Å². The van der Waals surface area contributed by atoms with Gasteiger partial charge >= 0.3 is 6.18 Å². The zero-order valence-corrected chi connectivity index (χ0v) is 13.8. The molecule has 23 heavy (non-hydrogen) atoms. The lowest BCUT2D eigenvalue weighted by atomic mass is 10.0. The normalized spacial score (nSPS) is 13.2. The molecule has 1 atom stereocenters. The molecule has 0 aromatic carbocycles. The molecule has 0 spiro atoms. The molecule has 0 aliphatic heterocycles. The van der Waals surface area contributed by atoms with E-state index in [9.17, 15) is 13.2 Å². The van der Waals surface area contributed by atoms with Gasteiger partial charge in [-0.25, -0.2) is 4.98 Å². The van der Waals surface area contributed by atoms with Crippen LogP contribution in [0, 0.1) is 5.92 Å². The molecule has 2 rings (SSSR count). The molecule has 2 aromatic heterocycles. The van der Waals surface area contributed by atoms with Crippen molar-refractivity contribution in [3.63, 3.8) is 0 Å². The molecule has 0 aliphatic rings. The van der Waals surface area contributed by atoms with Gasteiger partial charge in [-0.3, -0.25) is 4.98 Å². The Labute approximate surface area is 141 Å². The van der Waals surface area contributed by atoms with Gasteiger partial charge in [-0.05, 0) is 24.1 Å². The van der Waals surface area contributed by atoms with Gasteiger partial charge in [-0.1, -0.05) is 43.1 Å². The van der Waals surface area contributed by atoms with Crippen molar-refractivity contribution in [2.24, 2.45) is 5.92 Å². The summed E-state index contributed by atoms with van der Waals surface area (Å²) in [5, 5.41) is 1.96. The number of hydrogen-bond donors (Lipinski definition) is 1. The first kappa shape index (κ1) is 17.8. The molecule has 1 N–H and O–H groups in total. The number of aromatic nitrogens is 2. The average molecular weight is 364 g/mol. The number of hydrogen-bond acceptors (Lipinski definition) is 3. The quantitative estimate of drug-likeness (QED) is 0.717. The molecule has 2 heterocycles. The van der Waals surface area contributed by atoms with E-state index in [0.29, 0.717) is 5.69 Å². The van der Waals surface area contributed by atoms with Crippen LogP contribution < -0.4 is 5.32 Å². The van der Waals surface area contributed by atoms with Gasteiger partial charge in [-0.2, -0.15) is 13.2 Å². The highest BCUT2D eigenvalue weighted by Gasteiger charge is 2.35. The standard InChI is InChI=1S/C15H14Cl2F3N3/c1-8(2)13(10-5-3-4-6-21-10)22-11-7-9(15(18,19)20)12(16)14(17)23-11/h3-8,13H,1-2H3,(H,22,23). The van der Waals surface area contributed by atoms with E-state index in [1.54, 1.807) is 18.3 Å². The van der Waals surface area contributed by atoms with Crippen LogP contribution in [0.25, 0.3) is 0 Å². The Kier molecular flexibility index (Phi) is 5.37. The number of halogens is 5. The molecule has 124 valence electrons. The van der Waals surface area contributed by atoms with Crippen LogP contribution in [0.2, 0.25) is 10.2 Å². The van der Waals surface area contributed by atoms with Gasteiger partial charge in [0, 0.05) is 6.20 Å². The molecule has 0 fully saturated rings. The molecule has 0 saturated carbocycles. The summed E-state index contributed by atoms with van der Waals surface area (Å²) in [4.78, 5) is 8.13. The predicted molar refractivity (Wildman–Crippen MR) is 84.7 cm³/mol. The van der Waals surface area contributed by atoms with Crippen molar-refractivity contribution in [3.8, 4) is 0 Å². The summed E-state index contributed by atoms with van der Waals surface area (Å²) in [6, 6.07) is 5.90. The maximum Gasteiger partial charge on any atom is 0.418 e. The molecule has 1 unspecified atom stereocenters. The molecule has 2 aromatic rings. The lowest BCUT2D eigenvalue weighted by molar-refractivity contribution is -0.137. The molecule has 8 heteroatoms. The van der Waals surface area contributed by atoms with E-state index >= 15 is 0 Å². The second kappa shape index (κ2) is 6.93.